The van der Waals surface area contributed by atoms with Gasteiger partial charge in [0.2, 0.25) is 0 Å². The van der Waals surface area contributed by atoms with E-state index in [2.05, 4.69) is 0 Å². The molecule has 2 rings (SSSR count). The van der Waals surface area contributed by atoms with Crippen molar-refractivity contribution in [3.05, 3.63) is 29.8 Å². The summed E-state index contributed by atoms with van der Waals surface area (Å²) in [6.45, 7) is 1.05. The van der Waals surface area contributed by atoms with Gasteiger partial charge in [0.05, 0.1) is 6.61 Å². The minimum absolute atomic E-state index is 0.0768. The SMILES string of the molecule is OCCCc1ccc(OC2CCCCO2)cc1. The molecule has 3 heteroatoms. The summed E-state index contributed by atoms with van der Waals surface area (Å²) in [5.74, 6) is 0.865. The Morgan fingerprint density at radius 1 is 1.24 bits per heavy atom. The van der Waals surface area contributed by atoms with Gasteiger partial charge >= 0.3 is 0 Å². The first-order chi connectivity index (χ1) is 8.38. The first kappa shape index (κ1) is 12.4. The van der Waals surface area contributed by atoms with Gasteiger partial charge < -0.3 is 14.6 Å². The summed E-state index contributed by atoms with van der Waals surface area (Å²) in [7, 11) is 0. The monoisotopic (exact) mass is 236 g/mol. The molecular formula is C14H20O3. The highest BCUT2D eigenvalue weighted by atomic mass is 16.7. The predicted molar refractivity (Wildman–Crippen MR) is 66.1 cm³/mol. The minimum Gasteiger partial charge on any atom is -0.465 e. The first-order valence-electron chi connectivity index (χ1n) is 6.36. The van der Waals surface area contributed by atoms with Crippen LogP contribution in [0.4, 0.5) is 0 Å². The lowest BCUT2D eigenvalue weighted by Crippen LogP contribution is -2.24. The lowest BCUT2D eigenvalue weighted by Gasteiger charge is -2.23. The van der Waals surface area contributed by atoms with Crippen molar-refractivity contribution in [2.24, 2.45) is 0 Å². The van der Waals surface area contributed by atoms with E-state index in [-0.39, 0.29) is 12.9 Å². The molecule has 1 atom stereocenters. The van der Waals surface area contributed by atoms with Crippen molar-refractivity contribution in [2.45, 2.75) is 38.4 Å². The van der Waals surface area contributed by atoms with Crippen LogP contribution in [-0.4, -0.2) is 24.6 Å². The Morgan fingerprint density at radius 3 is 2.71 bits per heavy atom. The largest absolute Gasteiger partial charge is 0.465 e. The van der Waals surface area contributed by atoms with Crippen molar-refractivity contribution in [2.75, 3.05) is 13.2 Å². The van der Waals surface area contributed by atoms with Crippen LogP contribution in [0.25, 0.3) is 0 Å². The summed E-state index contributed by atoms with van der Waals surface area (Å²) in [4.78, 5) is 0. The summed E-state index contributed by atoms with van der Waals surface area (Å²) in [6, 6.07) is 8.05. The minimum atomic E-state index is -0.0768. The second kappa shape index (κ2) is 6.62. The maximum atomic E-state index is 8.76. The number of hydrogen-bond donors (Lipinski definition) is 1. The average molecular weight is 236 g/mol. The van der Waals surface area contributed by atoms with E-state index < -0.39 is 0 Å². The number of ether oxygens (including phenoxy) is 2. The predicted octanol–water partition coefficient (Wildman–Crippen LogP) is 2.52. The Morgan fingerprint density at radius 2 is 2.06 bits per heavy atom. The van der Waals surface area contributed by atoms with Gasteiger partial charge in [0, 0.05) is 13.0 Å². The molecule has 0 spiro atoms. The van der Waals surface area contributed by atoms with Gasteiger partial charge in [0.1, 0.15) is 5.75 Å². The van der Waals surface area contributed by atoms with Crippen molar-refractivity contribution in [3.63, 3.8) is 0 Å². The highest BCUT2D eigenvalue weighted by Crippen LogP contribution is 2.19. The topological polar surface area (TPSA) is 38.7 Å². The molecule has 1 fully saturated rings. The second-order valence-corrected chi connectivity index (χ2v) is 4.39. The van der Waals surface area contributed by atoms with Crippen LogP contribution in [0.2, 0.25) is 0 Å². The molecule has 1 aromatic rings. The van der Waals surface area contributed by atoms with E-state index in [1.807, 2.05) is 24.3 Å². The smallest absolute Gasteiger partial charge is 0.199 e. The summed E-state index contributed by atoms with van der Waals surface area (Å²) < 4.78 is 11.3. The number of aliphatic hydroxyl groups excluding tert-OH is 1. The Labute approximate surface area is 102 Å². The van der Waals surface area contributed by atoms with Gasteiger partial charge in [-0.25, -0.2) is 0 Å². The van der Waals surface area contributed by atoms with Crippen LogP contribution >= 0.6 is 0 Å². The standard InChI is InChI=1S/C14H20O3/c15-10-3-4-12-6-8-13(9-7-12)17-14-5-1-2-11-16-14/h6-9,14-15H,1-5,10-11H2. The average Bonchev–Trinajstić information content (AvgIpc) is 2.39. The fraction of sp³-hybridized carbons (Fsp3) is 0.571. The molecule has 1 unspecified atom stereocenters. The van der Waals surface area contributed by atoms with Crippen molar-refractivity contribution in [1.29, 1.82) is 0 Å². The lowest BCUT2D eigenvalue weighted by molar-refractivity contribution is -0.105. The highest BCUT2D eigenvalue weighted by molar-refractivity contribution is 5.27. The van der Waals surface area contributed by atoms with Crippen molar-refractivity contribution in [1.82, 2.24) is 0 Å². The summed E-state index contributed by atoms with van der Waals surface area (Å²) >= 11 is 0. The van der Waals surface area contributed by atoms with Crippen LogP contribution < -0.4 is 4.74 Å². The third kappa shape index (κ3) is 4.02. The molecule has 1 aliphatic heterocycles. The normalized spacial score (nSPS) is 20.2. The summed E-state index contributed by atoms with van der Waals surface area (Å²) in [5, 5.41) is 8.76. The van der Waals surface area contributed by atoms with Crippen LogP contribution in [0.3, 0.4) is 0 Å². The Kier molecular flexibility index (Phi) is 4.83. The Bertz CT molecular complexity index is 315. The van der Waals surface area contributed by atoms with E-state index in [9.17, 15) is 0 Å². The number of benzene rings is 1. The molecule has 17 heavy (non-hydrogen) atoms. The molecule has 1 heterocycles. The number of aryl methyl sites for hydroxylation is 1. The maximum Gasteiger partial charge on any atom is 0.199 e. The zero-order valence-corrected chi connectivity index (χ0v) is 10.1. The van der Waals surface area contributed by atoms with Crippen LogP contribution in [-0.2, 0) is 11.2 Å². The third-order valence-electron chi connectivity index (χ3n) is 2.95. The summed E-state index contributed by atoms with van der Waals surface area (Å²) in [6.07, 6.45) is 4.95. The van der Waals surface area contributed by atoms with Crippen LogP contribution in [0, 0.1) is 0 Å². The maximum absolute atomic E-state index is 8.76. The van der Waals surface area contributed by atoms with Gasteiger partial charge in [-0.05, 0) is 43.4 Å². The van der Waals surface area contributed by atoms with E-state index in [0.29, 0.717) is 0 Å². The third-order valence-corrected chi connectivity index (χ3v) is 2.95. The van der Waals surface area contributed by atoms with Crippen molar-refractivity contribution in [3.8, 4) is 5.75 Å². The van der Waals surface area contributed by atoms with Crippen molar-refractivity contribution < 1.29 is 14.6 Å². The van der Waals surface area contributed by atoms with Crippen molar-refractivity contribution >= 4 is 0 Å². The van der Waals surface area contributed by atoms with Gasteiger partial charge in [-0.3, -0.25) is 0 Å². The molecule has 0 bridgehead atoms. The van der Waals surface area contributed by atoms with Crippen LogP contribution in [0.1, 0.15) is 31.2 Å². The fourth-order valence-corrected chi connectivity index (χ4v) is 1.97. The molecule has 1 aromatic carbocycles. The van der Waals surface area contributed by atoms with Crippen LogP contribution in [0.15, 0.2) is 24.3 Å². The fourth-order valence-electron chi connectivity index (χ4n) is 1.97. The molecule has 0 amide bonds. The summed E-state index contributed by atoms with van der Waals surface area (Å²) in [5.41, 5.74) is 1.23. The number of rotatable bonds is 5. The first-order valence-corrected chi connectivity index (χ1v) is 6.36. The van der Waals surface area contributed by atoms with Crippen LogP contribution in [0.5, 0.6) is 5.75 Å². The molecule has 0 aliphatic carbocycles. The van der Waals surface area contributed by atoms with Gasteiger partial charge in [-0.2, -0.15) is 0 Å². The van der Waals surface area contributed by atoms with E-state index >= 15 is 0 Å². The molecule has 0 aromatic heterocycles. The second-order valence-electron chi connectivity index (χ2n) is 4.39. The van der Waals surface area contributed by atoms with Gasteiger partial charge in [0.25, 0.3) is 0 Å². The Balaban J connectivity index is 1.84. The van der Waals surface area contributed by atoms with E-state index in [1.165, 1.54) is 12.0 Å². The molecular weight excluding hydrogens is 216 g/mol. The van der Waals surface area contributed by atoms with Gasteiger partial charge in [-0.1, -0.05) is 12.1 Å². The van der Waals surface area contributed by atoms with Gasteiger partial charge in [-0.15, -0.1) is 0 Å². The molecule has 0 radical (unpaired) electrons. The number of aliphatic hydroxyl groups is 1. The van der Waals surface area contributed by atoms with E-state index in [4.69, 9.17) is 14.6 Å². The highest BCUT2D eigenvalue weighted by Gasteiger charge is 2.14. The molecule has 1 N–H and O–H groups in total. The Hall–Kier alpha value is -1.06. The molecule has 94 valence electrons. The van der Waals surface area contributed by atoms with E-state index in [1.54, 1.807) is 0 Å². The molecule has 0 saturated carbocycles. The quantitative estimate of drug-likeness (QED) is 0.853. The van der Waals surface area contributed by atoms with E-state index in [0.717, 1.165) is 38.0 Å². The lowest BCUT2D eigenvalue weighted by atomic mass is 10.1. The molecule has 1 saturated heterocycles. The van der Waals surface area contributed by atoms with Gasteiger partial charge in [0.15, 0.2) is 6.29 Å². The number of hydrogen-bond acceptors (Lipinski definition) is 3. The zero-order valence-electron chi connectivity index (χ0n) is 10.1. The zero-order chi connectivity index (χ0) is 11.9. The molecule has 1 aliphatic rings. The molecule has 3 nitrogen and oxygen atoms in total.